The lowest BCUT2D eigenvalue weighted by molar-refractivity contribution is 0.467. The number of nitrogens with zero attached hydrogens (tertiary/aromatic N) is 1. The summed E-state index contributed by atoms with van der Waals surface area (Å²) in [7, 11) is 0. The van der Waals surface area contributed by atoms with Gasteiger partial charge >= 0.3 is 0 Å². The van der Waals surface area contributed by atoms with Gasteiger partial charge in [-0.25, -0.2) is 0 Å². The van der Waals surface area contributed by atoms with Gasteiger partial charge in [-0.15, -0.1) is 0 Å². The van der Waals surface area contributed by atoms with E-state index in [1.54, 1.807) is 0 Å². The summed E-state index contributed by atoms with van der Waals surface area (Å²) in [4.78, 5) is 0. The van der Waals surface area contributed by atoms with E-state index in [9.17, 15) is 0 Å². The summed E-state index contributed by atoms with van der Waals surface area (Å²) < 4.78 is 2.44. The number of aromatic nitrogens is 1. The van der Waals surface area contributed by atoms with Crippen LogP contribution in [0, 0.1) is 0 Å². The molecule has 1 heterocycles. The second kappa shape index (κ2) is 3.97. The minimum Gasteiger partial charge on any atom is -0.344 e. The zero-order chi connectivity index (χ0) is 11.8. The smallest absolute Gasteiger partial charge is 0.0482 e. The van der Waals surface area contributed by atoms with E-state index in [1.807, 2.05) is 0 Å². The number of hydrogen-bond acceptors (Lipinski definition) is 0. The predicted molar refractivity (Wildman–Crippen MR) is 70.9 cm³/mol. The van der Waals surface area contributed by atoms with Crippen molar-refractivity contribution in [3.8, 4) is 0 Å². The molecule has 16 heavy (non-hydrogen) atoms. The van der Waals surface area contributed by atoms with E-state index in [4.69, 9.17) is 0 Å². The zero-order valence-electron chi connectivity index (χ0n) is 10.7. The van der Waals surface area contributed by atoms with Crippen molar-refractivity contribution in [1.82, 2.24) is 4.57 Å². The molecule has 1 heteroatoms. The number of aryl methyl sites for hydroxylation is 1. The third-order valence-corrected chi connectivity index (χ3v) is 3.70. The predicted octanol–water partition coefficient (Wildman–Crippen LogP) is 4.35. The van der Waals surface area contributed by atoms with Gasteiger partial charge in [-0.1, -0.05) is 39.0 Å². The lowest BCUT2D eigenvalue weighted by Crippen LogP contribution is -2.20. The molecule has 0 bridgehead atoms. The van der Waals surface area contributed by atoms with Crippen LogP contribution >= 0.6 is 0 Å². The highest BCUT2D eigenvalue weighted by Gasteiger charge is 2.23. The summed E-state index contributed by atoms with van der Waals surface area (Å²) >= 11 is 0. The largest absolute Gasteiger partial charge is 0.344 e. The molecule has 0 radical (unpaired) electrons. The summed E-state index contributed by atoms with van der Waals surface area (Å²) in [6.45, 7) is 10.2. The molecule has 0 unspecified atom stereocenters. The molecule has 0 aliphatic heterocycles. The summed E-state index contributed by atoms with van der Waals surface area (Å²) in [5.74, 6) is 0. The van der Waals surface area contributed by atoms with E-state index in [-0.39, 0.29) is 5.41 Å². The fraction of sp³-hybridized carbons (Fsp3) is 0.467. The van der Waals surface area contributed by atoms with Crippen LogP contribution in [0.5, 0.6) is 0 Å². The van der Waals surface area contributed by atoms with Crippen LogP contribution in [0.3, 0.4) is 0 Å². The average molecular weight is 215 g/mol. The highest BCUT2D eigenvalue weighted by atomic mass is 15.0. The van der Waals surface area contributed by atoms with E-state index >= 15 is 0 Å². The van der Waals surface area contributed by atoms with E-state index in [0.29, 0.717) is 0 Å². The van der Waals surface area contributed by atoms with Crippen molar-refractivity contribution >= 4 is 10.9 Å². The molecule has 1 nitrogen and oxygen atoms in total. The van der Waals surface area contributed by atoms with E-state index in [0.717, 1.165) is 6.54 Å². The van der Waals surface area contributed by atoms with Crippen LogP contribution in [0.4, 0.5) is 0 Å². The SMILES string of the molecule is CCn1c(C(C)(C)CC)cc2ccccc21. The molecule has 2 rings (SSSR count). The number of para-hydroxylation sites is 1. The maximum Gasteiger partial charge on any atom is 0.0482 e. The van der Waals surface area contributed by atoms with Gasteiger partial charge in [-0.2, -0.15) is 0 Å². The first kappa shape index (κ1) is 11.3. The molecule has 0 saturated carbocycles. The van der Waals surface area contributed by atoms with Crippen LogP contribution in [0.2, 0.25) is 0 Å². The molecule has 0 fully saturated rings. The summed E-state index contributed by atoms with van der Waals surface area (Å²) in [5.41, 5.74) is 3.08. The topological polar surface area (TPSA) is 4.93 Å². The van der Waals surface area contributed by atoms with E-state index in [2.05, 4.69) is 62.6 Å². The highest BCUT2D eigenvalue weighted by Crippen LogP contribution is 2.31. The molecule has 1 aromatic heterocycles. The minimum atomic E-state index is 0.259. The van der Waals surface area contributed by atoms with Crippen LogP contribution in [0.25, 0.3) is 10.9 Å². The normalized spacial score (nSPS) is 12.2. The van der Waals surface area contributed by atoms with Gasteiger partial charge in [0.05, 0.1) is 0 Å². The van der Waals surface area contributed by atoms with Crippen molar-refractivity contribution in [2.45, 2.75) is 46.1 Å². The monoisotopic (exact) mass is 215 g/mol. The number of rotatable bonds is 3. The number of hydrogen-bond donors (Lipinski definition) is 0. The second-order valence-corrected chi connectivity index (χ2v) is 5.07. The van der Waals surface area contributed by atoms with Crippen molar-refractivity contribution in [1.29, 1.82) is 0 Å². The van der Waals surface area contributed by atoms with E-state index < -0.39 is 0 Å². The Morgan fingerprint density at radius 2 is 1.81 bits per heavy atom. The second-order valence-electron chi connectivity index (χ2n) is 5.07. The Morgan fingerprint density at radius 1 is 1.12 bits per heavy atom. The molecule has 0 aliphatic rings. The van der Waals surface area contributed by atoms with Gasteiger partial charge in [-0.3, -0.25) is 0 Å². The van der Waals surface area contributed by atoms with Crippen LogP contribution in [-0.4, -0.2) is 4.57 Å². The first-order valence-electron chi connectivity index (χ1n) is 6.19. The fourth-order valence-electron chi connectivity index (χ4n) is 2.29. The van der Waals surface area contributed by atoms with Gasteiger partial charge in [0.15, 0.2) is 0 Å². The Morgan fingerprint density at radius 3 is 2.44 bits per heavy atom. The minimum absolute atomic E-state index is 0.259. The Bertz CT molecular complexity index is 491. The van der Waals surface area contributed by atoms with Crippen molar-refractivity contribution in [3.63, 3.8) is 0 Å². The molecular formula is C15H21N. The quantitative estimate of drug-likeness (QED) is 0.717. The van der Waals surface area contributed by atoms with Gasteiger partial charge in [0.25, 0.3) is 0 Å². The molecular weight excluding hydrogens is 194 g/mol. The molecule has 0 saturated heterocycles. The summed E-state index contributed by atoms with van der Waals surface area (Å²) in [5, 5.41) is 1.36. The Kier molecular flexibility index (Phi) is 2.79. The summed E-state index contributed by atoms with van der Waals surface area (Å²) in [6, 6.07) is 11.0. The van der Waals surface area contributed by atoms with Crippen LogP contribution in [0.15, 0.2) is 30.3 Å². The molecule has 0 aliphatic carbocycles. The van der Waals surface area contributed by atoms with Crippen molar-refractivity contribution in [3.05, 3.63) is 36.0 Å². The first-order chi connectivity index (χ1) is 7.60. The van der Waals surface area contributed by atoms with Crippen LogP contribution < -0.4 is 0 Å². The maximum absolute atomic E-state index is 2.44. The van der Waals surface area contributed by atoms with E-state index in [1.165, 1.54) is 23.0 Å². The fourth-order valence-corrected chi connectivity index (χ4v) is 2.29. The lowest BCUT2D eigenvalue weighted by Gasteiger charge is -2.25. The van der Waals surface area contributed by atoms with Gasteiger partial charge in [-0.05, 0) is 30.9 Å². The van der Waals surface area contributed by atoms with Gasteiger partial charge in [0.2, 0.25) is 0 Å². The molecule has 0 spiro atoms. The molecule has 86 valence electrons. The Labute approximate surface area is 98.1 Å². The van der Waals surface area contributed by atoms with Crippen molar-refractivity contribution in [2.75, 3.05) is 0 Å². The van der Waals surface area contributed by atoms with Crippen molar-refractivity contribution in [2.24, 2.45) is 0 Å². The van der Waals surface area contributed by atoms with Gasteiger partial charge < -0.3 is 4.57 Å². The molecule has 0 amide bonds. The molecule has 2 aromatic rings. The third kappa shape index (κ3) is 1.64. The Balaban J connectivity index is 2.70. The van der Waals surface area contributed by atoms with Crippen LogP contribution in [0.1, 0.15) is 39.8 Å². The standard InChI is InChI=1S/C15H21N/c1-5-15(3,4)14-11-12-9-7-8-10-13(12)16(14)6-2/h7-11H,5-6H2,1-4H3. The maximum atomic E-state index is 2.44. The van der Waals surface area contributed by atoms with Gasteiger partial charge in [0.1, 0.15) is 0 Å². The number of fused-ring (bicyclic) bond motifs is 1. The van der Waals surface area contributed by atoms with Crippen molar-refractivity contribution < 1.29 is 0 Å². The molecule has 0 N–H and O–H groups in total. The Hall–Kier alpha value is -1.24. The zero-order valence-corrected chi connectivity index (χ0v) is 10.7. The lowest BCUT2D eigenvalue weighted by atomic mass is 9.86. The third-order valence-electron chi connectivity index (χ3n) is 3.70. The first-order valence-corrected chi connectivity index (χ1v) is 6.19. The molecule has 0 atom stereocenters. The van der Waals surface area contributed by atoms with Crippen LogP contribution in [-0.2, 0) is 12.0 Å². The average Bonchev–Trinajstić information content (AvgIpc) is 2.68. The number of benzene rings is 1. The van der Waals surface area contributed by atoms with Gasteiger partial charge in [0, 0.05) is 23.2 Å². The highest BCUT2D eigenvalue weighted by molar-refractivity contribution is 5.81. The molecule has 1 aromatic carbocycles. The summed E-state index contributed by atoms with van der Waals surface area (Å²) in [6.07, 6.45) is 1.17.